The summed E-state index contributed by atoms with van der Waals surface area (Å²) >= 11 is 6.45. The molecular formula is C5H5Br3N2. The number of halogens is 3. The van der Waals surface area contributed by atoms with Crippen molar-refractivity contribution < 1.29 is 0 Å². The molecule has 10 heavy (non-hydrogen) atoms. The zero-order valence-electron chi connectivity index (χ0n) is 4.92. The summed E-state index contributed by atoms with van der Waals surface area (Å²) in [5.41, 5.74) is 0.943. The largest absolute Gasteiger partial charge is 0.256 e. The van der Waals surface area contributed by atoms with Gasteiger partial charge in [0.1, 0.15) is 4.60 Å². The standard InChI is InChI=1S/C5H4Br2N2.BrH/c6-1-4-2-9-5(7)3-8-4;/h2-3H,1H2;1H. The van der Waals surface area contributed by atoms with E-state index in [1.807, 2.05) is 0 Å². The number of aromatic nitrogens is 2. The van der Waals surface area contributed by atoms with Gasteiger partial charge in [-0.1, -0.05) is 15.9 Å². The van der Waals surface area contributed by atoms with Crippen LogP contribution in [0, 0.1) is 0 Å². The summed E-state index contributed by atoms with van der Waals surface area (Å²) in [6, 6.07) is 0. The highest BCUT2D eigenvalue weighted by atomic mass is 79.9. The molecule has 0 saturated heterocycles. The maximum Gasteiger partial charge on any atom is 0.124 e. The molecule has 0 N–H and O–H groups in total. The average Bonchev–Trinajstić information content (AvgIpc) is 1.90. The molecule has 1 rings (SSSR count). The first-order valence-electron chi connectivity index (χ1n) is 2.35. The van der Waals surface area contributed by atoms with Crippen LogP contribution in [0.25, 0.3) is 0 Å². The molecule has 1 heterocycles. The van der Waals surface area contributed by atoms with Crippen molar-refractivity contribution in [2.24, 2.45) is 0 Å². The van der Waals surface area contributed by atoms with Crippen molar-refractivity contribution in [3.05, 3.63) is 22.7 Å². The minimum absolute atomic E-state index is 0. The molecule has 5 heteroatoms. The molecule has 0 aliphatic rings. The molecule has 0 atom stereocenters. The predicted molar refractivity (Wildman–Crippen MR) is 52.7 cm³/mol. The third-order valence-electron chi connectivity index (χ3n) is 0.811. The Morgan fingerprint density at radius 2 is 2.00 bits per heavy atom. The quantitative estimate of drug-likeness (QED) is 0.739. The third kappa shape index (κ3) is 3.07. The summed E-state index contributed by atoms with van der Waals surface area (Å²) in [6.45, 7) is 0. The van der Waals surface area contributed by atoms with E-state index >= 15 is 0 Å². The number of hydrogen-bond donors (Lipinski definition) is 0. The Morgan fingerprint density at radius 1 is 1.30 bits per heavy atom. The van der Waals surface area contributed by atoms with Crippen LogP contribution >= 0.6 is 48.8 Å². The lowest BCUT2D eigenvalue weighted by atomic mass is 10.5. The molecule has 0 spiro atoms. The molecule has 56 valence electrons. The second-order valence-corrected chi connectivity index (χ2v) is 2.84. The number of nitrogens with zero attached hydrogens (tertiary/aromatic N) is 2. The zero-order valence-corrected chi connectivity index (χ0v) is 9.81. The molecule has 0 aromatic carbocycles. The van der Waals surface area contributed by atoms with E-state index < -0.39 is 0 Å². The summed E-state index contributed by atoms with van der Waals surface area (Å²) in [5.74, 6) is 0. The van der Waals surface area contributed by atoms with Gasteiger partial charge in [0.2, 0.25) is 0 Å². The highest BCUT2D eigenvalue weighted by Crippen LogP contribution is 2.04. The minimum atomic E-state index is 0. The van der Waals surface area contributed by atoms with E-state index in [1.54, 1.807) is 12.4 Å². The minimum Gasteiger partial charge on any atom is -0.256 e. The van der Waals surface area contributed by atoms with Gasteiger partial charge in [0, 0.05) is 5.33 Å². The van der Waals surface area contributed by atoms with Gasteiger partial charge in [-0.15, -0.1) is 17.0 Å². The smallest absolute Gasteiger partial charge is 0.124 e. The van der Waals surface area contributed by atoms with E-state index in [9.17, 15) is 0 Å². The van der Waals surface area contributed by atoms with Crippen LogP contribution in [0.15, 0.2) is 17.0 Å². The van der Waals surface area contributed by atoms with Crippen molar-refractivity contribution in [1.82, 2.24) is 9.97 Å². The molecule has 0 amide bonds. The third-order valence-corrected chi connectivity index (χ3v) is 1.79. The highest BCUT2D eigenvalue weighted by molar-refractivity contribution is 9.10. The molecule has 0 bridgehead atoms. The van der Waals surface area contributed by atoms with E-state index in [0.717, 1.165) is 15.6 Å². The maximum absolute atomic E-state index is 4.04. The summed E-state index contributed by atoms with van der Waals surface area (Å²) in [4.78, 5) is 8.01. The van der Waals surface area contributed by atoms with Gasteiger partial charge in [0.25, 0.3) is 0 Å². The Balaban J connectivity index is 0.000000810. The predicted octanol–water partition coefficient (Wildman–Crippen LogP) is 2.71. The molecule has 0 saturated carbocycles. The number of alkyl halides is 1. The van der Waals surface area contributed by atoms with Gasteiger partial charge in [-0.05, 0) is 15.9 Å². The Morgan fingerprint density at radius 3 is 2.40 bits per heavy atom. The summed E-state index contributed by atoms with van der Waals surface area (Å²) < 4.78 is 0.771. The van der Waals surface area contributed by atoms with E-state index in [0.29, 0.717) is 0 Å². The molecule has 0 fully saturated rings. The lowest BCUT2D eigenvalue weighted by Crippen LogP contribution is -1.85. The summed E-state index contributed by atoms with van der Waals surface area (Å²) in [5, 5.41) is 0.757. The van der Waals surface area contributed by atoms with Gasteiger partial charge < -0.3 is 0 Å². The SMILES string of the molecule is Br.BrCc1cnc(Br)cn1. The monoisotopic (exact) mass is 330 g/mol. The van der Waals surface area contributed by atoms with Gasteiger partial charge in [-0.2, -0.15) is 0 Å². The van der Waals surface area contributed by atoms with Crippen LogP contribution in [-0.4, -0.2) is 9.97 Å². The first kappa shape index (κ1) is 10.5. The fraction of sp³-hybridized carbons (Fsp3) is 0.200. The van der Waals surface area contributed by atoms with Crippen LogP contribution in [0.3, 0.4) is 0 Å². The van der Waals surface area contributed by atoms with Crippen LogP contribution in [0.5, 0.6) is 0 Å². The van der Waals surface area contributed by atoms with Crippen LogP contribution in [-0.2, 0) is 5.33 Å². The molecule has 1 aromatic rings. The first-order valence-corrected chi connectivity index (χ1v) is 4.27. The van der Waals surface area contributed by atoms with Gasteiger partial charge in [-0.25, -0.2) is 4.98 Å². The molecule has 0 aliphatic carbocycles. The highest BCUT2D eigenvalue weighted by Gasteiger charge is 1.89. The molecule has 1 aromatic heterocycles. The Bertz CT molecular complexity index is 187. The van der Waals surface area contributed by atoms with Crippen molar-refractivity contribution >= 4 is 48.8 Å². The van der Waals surface area contributed by atoms with Crippen molar-refractivity contribution in [2.75, 3.05) is 0 Å². The molecule has 2 nitrogen and oxygen atoms in total. The maximum atomic E-state index is 4.04. The van der Waals surface area contributed by atoms with E-state index in [2.05, 4.69) is 41.8 Å². The van der Waals surface area contributed by atoms with Gasteiger partial charge in [-0.3, -0.25) is 4.98 Å². The summed E-state index contributed by atoms with van der Waals surface area (Å²) in [6.07, 6.45) is 3.40. The van der Waals surface area contributed by atoms with Crippen molar-refractivity contribution in [1.29, 1.82) is 0 Å². The normalized spacial score (nSPS) is 8.60. The van der Waals surface area contributed by atoms with Crippen molar-refractivity contribution in [3.63, 3.8) is 0 Å². The second-order valence-electron chi connectivity index (χ2n) is 1.46. The Labute approximate surface area is 86.5 Å². The fourth-order valence-corrected chi connectivity index (χ4v) is 0.902. The number of rotatable bonds is 1. The van der Waals surface area contributed by atoms with Crippen LogP contribution in [0.4, 0.5) is 0 Å². The molecule has 0 unspecified atom stereocenters. The first-order chi connectivity index (χ1) is 4.33. The van der Waals surface area contributed by atoms with Crippen LogP contribution in [0.1, 0.15) is 5.69 Å². The Hall–Kier alpha value is 0.520. The molecule has 0 aliphatic heterocycles. The van der Waals surface area contributed by atoms with E-state index in [1.165, 1.54) is 0 Å². The van der Waals surface area contributed by atoms with Gasteiger partial charge in [0.15, 0.2) is 0 Å². The average molecular weight is 333 g/mol. The fourth-order valence-electron chi connectivity index (χ4n) is 0.408. The Kier molecular flexibility index (Phi) is 5.48. The van der Waals surface area contributed by atoms with Crippen molar-refractivity contribution in [2.45, 2.75) is 5.33 Å². The lowest BCUT2D eigenvalue weighted by Gasteiger charge is -1.90. The van der Waals surface area contributed by atoms with E-state index in [4.69, 9.17) is 0 Å². The summed E-state index contributed by atoms with van der Waals surface area (Å²) in [7, 11) is 0. The number of hydrogen-bond acceptors (Lipinski definition) is 2. The molecule has 0 radical (unpaired) electrons. The van der Waals surface area contributed by atoms with Crippen LogP contribution in [0.2, 0.25) is 0 Å². The van der Waals surface area contributed by atoms with Gasteiger partial charge in [0.05, 0.1) is 18.1 Å². The van der Waals surface area contributed by atoms with Crippen molar-refractivity contribution in [3.8, 4) is 0 Å². The zero-order chi connectivity index (χ0) is 6.69. The van der Waals surface area contributed by atoms with Crippen LogP contribution < -0.4 is 0 Å². The molecular weight excluding hydrogens is 328 g/mol. The van der Waals surface area contributed by atoms with Gasteiger partial charge >= 0.3 is 0 Å². The second kappa shape index (κ2) is 5.21. The van der Waals surface area contributed by atoms with E-state index in [-0.39, 0.29) is 17.0 Å². The lowest BCUT2D eigenvalue weighted by molar-refractivity contribution is 1.08. The topological polar surface area (TPSA) is 25.8 Å².